The Morgan fingerprint density at radius 3 is 2.85 bits per heavy atom. The van der Waals surface area contributed by atoms with Crippen LogP contribution in [-0.2, 0) is 0 Å². The molecule has 1 fully saturated rings. The molecule has 3 aromatic rings. The molecule has 3 N–H and O–H groups in total. The molecule has 1 aromatic carbocycles. The summed E-state index contributed by atoms with van der Waals surface area (Å²) in [4.78, 5) is 11.9. The van der Waals surface area contributed by atoms with Crippen LogP contribution in [-0.4, -0.2) is 28.7 Å². The van der Waals surface area contributed by atoms with Crippen LogP contribution in [0.2, 0.25) is 0 Å². The van der Waals surface area contributed by atoms with Crippen LogP contribution in [0.1, 0.15) is 30.1 Å². The molecule has 0 bridgehead atoms. The summed E-state index contributed by atoms with van der Waals surface area (Å²) in [7, 11) is 1.65. The lowest BCUT2D eigenvalue weighted by Crippen LogP contribution is -2.22. The fraction of sp³-hybridized carbons (Fsp3) is 0.300. The number of fused-ring (bicyclic) bond motifs is 1. The quantitative estimate of drug-likeness (QED) is 0.714. The number of anilines is 1. The van der Waals surface area contributed by atoms with Crippen molar-refractivity contribution < 1.29 is 9.53 Å². The van der Waals surface area contributed by atoms with E-state index >= 15 is 0 Å². The Morgan fingerprint density at radius 1 is 1.35 bits per heavy atom. The summed E-state index contributed by atoms with van der Waals surface area (Å²) in [6.07, 6.45) is 5.92. The second kappa shape index (κ2) is 6.37. The van der Waals surface area contributed by atoms with Crippen molar-refractivity contribution in [2.75, 3.05) is 12.4 Å². The van der Waals surface area contributed by atoms with E-state index in [0.717, 1.165) is 28.1 Å². The Kier molecular flexibility index (Phi) is 4.03. The third-order valence-corrected chi connectivity index (χ3v) is 5.01. The zero-order valence-electron chi connectivity index (χ0n) is 14.9. The van der Waals surface area contributed by atoms with Crippen molar-refractivity contribution in [3.05, 3.63) is 48.3 Å². The molecule has 0 saturated heterocycles. The zero-order chi connectivity index (χ0) is 18.3. The van der Waals surface area contributed by atoms with Gasteiger partial charge < -0.3 is 15.8 Å². The molecular formula is C20H22N4O2. The second-order valence-electron chi connectivity index (χ2n) is 6.86. The van der Waals surface area contributed by atoms with Gasteiger partial charge in [-0.15, -0.1) is 0 Å². The topological polar surface area (TPSA) is 81.6 Å². The lowest BCUT2D eigenvalue weighted by Gasteiger charge is -2.17. The number of ether oxygens (including phenoxy) is 1. The Balaban J connectivity index is 1.82. The molecule has 1 saturated carbocycles. The SMILES string of the molecule is COc1cccc(-c2cc3c(N[C@H](C)C4CC4)c(C(N)=O)cnn3c2)c1. The van der Waals surface area contributed by atoms with Gasteiger partial charge >= 0.3 is 0 Å². The first-order valence-corrected chi connectivity index (χ1v) is 8.79. The van der Waals surface area contributed by atoms with Crippen LogP contribution in [0.4, 0.5) is 5.69 Å². The highest BCUT2D eigenvalue weighted by Crippen LogP contribution is 2.36. The van der Waals surface area contributed by atoms with Crippen LogP contribution in [0.25, 0.3) is 16.6 Å². The highest BCUT2D eigenvalue weighted by molar-refractivity contribution is 6.02. The maximum atomic E-state index is 11.9. The monoisotopic (exact) mass is 350 g/mol. The molecule has 6 heteroatoms. The molecule has 2 aromatic heterocycles. The number of rotatable bonds is 6. The van der Waals surface area contributed by atoms with E-state index in [2.05, 4.69) is 17.3 Å². The molecular weight excluding hydrogens is 328 g/mol. The molecule has 0 unspecified atom stereocenters. The smallest absolute Gasteiger partial charge is 0.252 e. The van der Waals surface area contributed by atoms with E-state index in [-0.39, 0.29) is 6.04 Å². The normalized spacial score (nSPS) is 15.0. The van der Waals surface area contributed by atoms with Crippen molar-refractivity contribution in [3.8, 4) is 16.9 Å². The lowest BCUT2D eigenvalue weighted by molar-refractivity contribution is 0.100. The van der Waals surface area contributed by atoms with E-state index < -0.39 is 5.91 Å². The van der Waals surface area contributed by atoms with E-state index in [4.69, 9.17) is 10.5 Å². The molecule has 1 aliphatic carbocycles. The Hall–Kier alpha value is -3.02. The van der Waals surface area contributed by atoms with Gasteiger partial charge in [-0.3, -0.25) is 4.79 Å². The predicted molar refractivity (Wildman–Crippen MR) is 102 cm³/mol. The third-order valence-electron chi connectivity index (χ3n) is 5.01. The molecule has 6 nitrogen and oxygen atoms in total. The van der Waals surface area contributed by atoms with Gasteiger partial charge in [0.2, 0.25) is 0 Å². The minimum Gasteiger partial charge on any atom is -0.497 e. The van der Waals surface area contributed by atoms with Gasteiger partial charge in [-0.25, -0.2) is 4.52 Å². The predicted octanol–water partition coefficient (Wildman–Crippen LogP) is 3.32. The summed E-state index contributed by atoms with van der Waals surface area (Å²) in [6.45, 7) is 2.14. The van der Waals surface area contributed by atoms with Crippen molar-refractivity contribution in [2.45, 2.75) is 25.8 Å². The molecule has 1 aliphatic rings. The number of methoxy groups -OCH3 is 1. The largest absolute Gasteiger partial charge is 0.497 e. The molecule has 134 valence electrons. The molecule has 1 amide bonds. The summed E-state index contributed by atoms with van der Waals surface area (Å²) in [5.74, 6) is 0.968. The molecule has 1 atom stereocenters. The zero-order valence-corrected chi connectivity index (χ0v) is 14.9. The number of carbonyl (C=O) groups is 1. The average molecular weight is 350 g/mol. The van der Waals surface area contributed by atoms with Gasteiger partial charge in [-0.1, -0.05) is 12.1 Å². The first-order valence-electron chi connectivity index (χ1n) is 8.79. The number of nitrogens with zero attached hydrogens (tertiary/aromatic N) is 2. The van der Waals surface area contributed by atoms with Gasteiger partial charge in [-0.05, 0) is 49.4 Å². The number of aromatic nitrogens is 2. The maximum absolute atomic E-state index is 11.9. The maximum Gasteiger partial charge on any atom is 0.252 e. The Morgan fingerprint density at radius 2 is 2.15 bits per heavy atom. The van der Waals surface area contributed by atoms with Crippen molar-refractivity contribution in [1.82, 2.24) is 9.61 Å². The van der Waals surface area contributed by atoms with Crippen LogP contribution >= 0.6 is 0 Å². The standard InChI is InChI=1S/C20H22N4O2/c1-12(13-6-7-13)23-19-17(20(21)25)10-22-24-11-15(9-18(19)24)14-4-3-5-16(8-14)26-2/h3-5,8-13,23H,6-7H2,1-2H3,(H2,21,25)/t12-/m1/s1. The number of carbonyl (C=O) groups excluding carboxylic acids is 1. The van der Waals surface area contributed by atoms with Gasteiger partial charge in [0, 0.05) is 17.8 Å². The first-order chi connectivity index (χ1) is 12.6. The Labute approximate surface area is 152 Å². The highest BCUT2D eigenvalue weighted by atomic mass is 16.5. The van der Waals surface area contributed by atoms with E-state index in [1.54, 1.807) is 11.6 Å². The summed E-state index contributed by atoms with van der Waals surface area (Å²) in [5, 5.41) is 7.86. The summed E-state index contributed by atoms with van der Waals surface area (Å²) in [6, 6.07) is 10.2. The number of primary amides is 1. The van der Waals surface area contributed by atoms with Crippen LogP contribution in [0, 0.1) is 5.92 Å². The first kappa shape index (κ1) is 16.4. The van der Waals surface area contributed by atoms with Gasteiger partial charge in [0.1, 0.15) is 5.75 Å². The molecule has 0 aliphatic heterocycles. The number of nitrogens with one attached hydrogen (secondary N) is 1. The van der Waals surface area contributed by atoms with Crippen molar-refractivity contribution in [1.29, 1.82) is 0 Å². The van der Waals surface area contributed by atoms with Crippen molar-refractivity contribution in [3.63, 3.8) is 0 Å². The highest BCUT2D eigenvalue weighted by Gasteiger charge is 2.29. The number of hydrogen-bond donors (Lipinski definition) is 2. The minimum absolute atomic E-state index is 0.287. The van der Waals surface area contributed by atoms with Crippen LogP contribution < -0.4 is 15.8 Å². The second-order valence-corrected chi connectivity index (χ2v) is 6.86. The molecule has 0 spiro atoms. The molecule has 2 heterocycles. The van der Waals surface area contributed by atoms with E-state index in [1.165, 1.54) is 19.0 Å². The van der Waals surface area contributed by atoms with Gasteiger partial charge in [0.15, 0.2) is 0 Å². The number of amides is 1. The van der Waals surface area contributed by atoms with Gasteiger partial charge in [0.25, 0.3) is 5.91 Å². The van der Waals surface area contributed by atoms with E-state index in [0.29, 0.717) is 11.5 Å². The van der Waals surface area contributed by atoms with Crippen LogP contribution in [0.3, 0.4) is 0 Å². The summed E-state index contributed by atoms with van der Waals surface area (Å²) >= 11 is 0. The van der Waals surface area contributed by atoms with Gasteiger partial charge in [0.05, 0.1) is 30.1 Å². The number of nitrogens with two attached hydrogens (primary N) is 1. The fourth-order valence-corrected chi connectivity index (χ4v) is 3.30. The molecule has 26 heavy (non-hydrogen) atoms. The van der Waals surface area contributed by atoms with E-state index in [1.807, 2.05) is 36.5 Å². The van der Waals surface area contributed by atoms with E-state index in [9.17, 15) is 4.79 Å². The number of hydrogen-bond acceptors (Lipinski definition) is 4. The Bertz CT molecular complexity index is 975. The molecule has 4 rings (SSSR count). The average Bonchev–Trinajstić information content (AvgIpc) is 3.40. The fourth-order valence-electron chi connectivity index (χ4n) is 3.30. The minimum atomic E-state index is -0.477. The number of benzene rings is 1. The van der Waals surface area contributed by atoms with Crippen molar-refractivity contribution in [2.24, 2.45) is 11.7 Å². The van der Waals surface area contributed by atoms with Gasteiger partial charge in [-0.2, -0.15) is 5.10 Å². The van der Waals surface area contributed by atoms with Crippen LogP contribution in [0.15, 0.2) is 42.7 Å². The lowest BCUT2D eigenvalue weighted by atomic mass is 10.1. The summed E-state index contributed by atoms with van der Waals surface area (Å²) < 4.78 is 7.10. The third kappa shape index (κ3) is 2.98. The van der Waals surface area contributed by atoms with Crippen molar-refractivity contribution >= 4 is 17.1 Å². The summed E-state index contributed by atoms with van der Waals surface area (Å²) in [5.41, 5.74) is 9.62. The van der Waals surface area contributed by atoms with Crippen LogP contribution in [0.5, 0.6) is 5.75 Å². The molecule has 0 radical (unpaired) electrons.